The van der Waals surface area contributed by atoms with Gasteiger partial charge in [0.25, 0.3) is 0 Å². The van der Waals surface area contributed by atoms with Crippen molar-refractivity contribution in [1.29, 1.82) is 0 Å². The second-order valence-electron chi connectivity index (χ2n) is 15.3. The molecule has 0 radical (unpaired) electrons. The second kappa shape index (κ2) is 12.6. The first-order valence-electron chi connectivity index (χ1n) is 19.8. The van der Waals surface area contributed by atoms with Crippen molar-refractivity contribution >= 4 is 43.6 Å². The maximum Gasteiger partial charge on any atom is 0.0544 e. The Morgan fingerprint density at radius 3 is 1.60 bits per heavy atom. The molecule has 1 unspecified atom stereocenters. The van der Waals surface area contributed by atoms with Gasteiger partial charge in [-0.1, -0.05) is 146 Å². The van der Waals surface area contributed by atoms with E-state index in [9.17, 15) is 0 Å². The van der Waals surface area contributed by atoms with E-state index < -0.39 is 0 Å². The Balaban J connectivity index is 1.06. The molecule has 2 heterocycles. The highest BCUT2D eigenvalue weighted by Crippen LogP contribution is 2.51. The van der Waals surface area contributed by atoms with Crippen LogP contribution in [0.1, 0.15) is 22.6 Å². The van der Waals surface area contributed by atoms with Crippen molar-refractivity contribution in [2.75, 3.05) is 0 Å². The average Bonchev–Trinajstić information content (AvgIpc) is 3.91. The summed E-state index contributed by atoms with van der Waals surface area (Å²) in [5.41, 5.74) is 18.8. The molecule has 0 fully saturated rings. The molecule has 1 aliphatic rings. The zero-order chi connectivity index (χ0) is 37.5. The van der Waals surface area contributed by atoms with Crippen molar-refractivity contribution in [2.45, 2.75) is 5.92 Å². The number of para-hydroxylation sites is 2. The molecule has 57 heavy (non-hydrogen) atoms. The van der Waals surface area contributed by atoms with E-state index in [-0.39, 0.29) is 5.92 Å². The molecule has 12 rings (SSSR count). The summed E-state index contributed by atoms with van der Waals surface area (Å²) >= 11 is 0. The molecule has 0 amide bonds. The zero-order valence-corrected chi connectivity index (χ0v) is 31.2. The Bertz CT molecular complexity index is 3330. The van der Waals surface area contributed by atoms with E-state index in [1.807, 2.05) is 0 Å². The molecule has 2 aromatic heterocycles. The van der Waals surface area contributed by atoms with Gasteiger partial charge in [-0.25, -0.2) is 0 Å². The zero-order valence-electron chi connectivity index (χ0n) is 31.2. The number of aromatic nitrogens is 2. The van der Waals surface area contributed by atoms with Gasteiger partial charge in [0.2, 0.25) is 0 Å². The molecular formula is C55H36N2. The quantitative estimate of drug-likeness (QED) is 0.167. The summed E-state index contributed by atoms with van der Waals surface area (Å²) in [4.78, 5) is 0. The normalized spacial score (nSPS) is 13.4. The van der Waals surface area contributed by atoms with Gasteiger partial charge in [-0.05, 0) is 117 Å². The molecule has 0 bridgehead atoms. The smallest absolute Gasteiger partial charge is 0.0544 e. The lowest BCUT2D eigenvalue weighted by Gasteiger charge is -2.15. The molecule has 11 aromatic rings. The number of hydrogen-bond acceptors (Lipinski definition) is 0. The maximum absolute atomic E-state index is 2.47. The topological polar surface area (TPSA) is 9.86 Å². The summed E-state index contributed by atoms with van der Waals surface area (Å²) in [7, 11) is 0. The predicted octanol–water partition coefficient (Wildman–Crippen LogP) is 14.4. The first-order chi connectivity index (χ1) is 28.3. The first-order valence-corrected chi connectivity index (χ1v) is 19.8. The largest absolute Gasteiger partial charge is 0.309 e. The van der Waals surface area contributed by atoms with Gasteiger partial charge in [0.15, 0.2) is 0 Å². The standard InChI is InChI=1S/C55H36N2/c1-4-15-36(16-5-1)38-19-14-22-42(31-38)57-51-26-13-12-24-44(51)47-32-39(27-29-52(47)57)40-28-30-53-48(33-40)49-34-46-43-23-10-11-25-45(43)55(37-17-6-2-7-18-37)50(46)35-54(49)56(53)41-20-8-3-9-21-41/h1-35,55H. The van der Waals surface area contributed by atoms with Crippen molar-refractivity contribution in [2.24, 2.45) is 0 Å². The van der Waals surface area contributed by atoms with E-state index in [4.69, 9.17) is 0 Å². The summed E-state index contributed by atoms with van der Waals surface area (Å²) in [5, 5.41) is 5.04. The molecule has 1 aliphatic carbocycles. The predicted molar refractivity (Wildman–Crippen MR) is 239 cm³/mol. The number of nitrogens with zero attached hydrogens (tertiary/aromatic N) is 2. The van der Waals surface area contributed by atoms with Gasteiger partial charge in [0, 0.05) is 38.8 Å². The molecule has 0 saturated carbocycles. The van der Waals surface area contributed by atoms with Crippen LogP contribution in [0.15, 0.2) is 212 Å². The summed E-state index contributed by atoms with van der Waals surface area (Å²) in [6, 6.07) is 78.1. The second-order valence-corrected chi connectivity index (χ2v) is 15.3. The van der Waals surface area contributed by atoms with Crippen molar-refractivity contribution in [3.8, 4) is 44.8 Å². The van der Waals surface area contributed by atoms with Crippen LogP contribution >= 0.6 is 0 Å². The number of hydrogen-bond donors (Lipinski definition) is 0. The van der Waals surface area contributed by atoms with Gasteiger partial charge < -0.3 is 9.13 Å². The summed E-state index contributed by atoms with van der Waals surface area (Å²) < 4.78 is 4.87. The monoisotopic (exact) mass is 724 g/mol. The Morgan fingerprint density at radius 1 is 0.281 bits per heavy atom. The van der Waals surface area contributed by atoms with Crippen LogP contribution in [0.2, 0.25) is 0 Å². The van der Waals surface area contributed by atoms with E-state index >= 15 is 0 Å². The molecule has 266 valence electrons. The molecular weight excluding hydrogens is 689 g/mol. The highest BCUT2D eigenvalue weighted by atomic mass is 15.0. The van der Waals surface area contributed by atoms with Gasteiger partial charge >= 0.3 is 0 Å². The van der Waals surface area contributed by atoms with Gasteiger partial charge in [-0.15, -0.1) is 0 Å². The van der Waals surface area contributed by atoms with E-state index in [0.29, 0.717) is 0 Å². The minimum absolute atomic E-state index is 0.189. The summed E-state index contributed by atoms with van der Waals surface area (Å²) in [6.45, 7) is 0. The number of rotatable bonds is 5. The number of fused-ring (bicyclic) bond motifs is 9. The van der Waals surface area contributed by atoms with Crippen LogP contribution in [-0.2, 0) is 0 Å². The molecule has 0 N–H and O–H groups in total. The molecule has 0 aliphatic heterocycles. The van der Waals surface area contributed by atoms with Gasteiger partial charge in [0.1, 0.15) is 0 Å². The lowest BCUT2D eigenvalue weighted by molar-refractivity contribution is 1.01. The highest BCUT2D eigenvalue weighted by molar-refractivity contribution is 6.14. The van der Waals surface area contributed by atoms with E-state index in [1.165, 1.54) is 99.4 Å². The third-order valence-corrected chi connectivity index (χ3v) is 12.2. The fraction of sp³-hybridized carbons (Fsp3) is 0.0182. The minimum atomic E-state index is 0.189. The van der Waals surface area contributed by atoms with Crippen LogP contribution in [0, 0.1) is 0 Å². The highest BCUT2D eigenvalue weighted by Gasteiger charge is 2.31. The minimum Gasteiger partial charge on any atom is -0.309 e. The first kappa shape index (κ1) is 31.9. The lowest BCUT2D eigenvalue weighted by atomic mass is 9.89. The van der Waals surface area contributed by atoms with Crippen molar-refractivity contribution < 1.29 is 0 Å². The fourth-order valence-electron chi connectivity index (χ4n) is 9.64. The Hall–Kier alpha value is -7.42. The van der Waals surface area contributed by atoms with Crippen molar-refractivity contribution in [3.05, 3.63) is 229 Å². The molecule has 0 spiro atoms. The van der Waals surface area contributed by atoms with Crippen LogP contribution in [0.5, 0.6) is 0 Å². The Morgan fingerprint density at radius 2 is 0.825 bits per heavy atom. The maximum atomic E-state index is 2.47. The summed E-state index contributed by atoms with van der Waals surface area (Å²) in [6.07, 6.45) is 0. The SMILES string of the molecule is c1ccc(-c2cccc(-n3c4ccccc4c4cc(-c5ccc6c(c5)c5cc7c(cc5n6-c5ccccc5)C(c5ccccc5)c5ccccc5-7)ccc43)c2)cc1. The summed E-state index contributed by atoms with van der Waals surface area (Å²) in [5.74, 6) is 0.189. The Labute approximate surface area is 331 Å². The lowest BCUT2D eigenvalue weighted by Crippen LogP contribution is -1.99. The van der Waals surface area contributed by atoms with Crippen molar-refractivity contribution in [1.82, 2.24) is 9.13 Å². The van der Waals surface area contributed by atoms with Crippen LogP contribution in [-0.4, -0.2) is 9.13 Å². The van der Waals surface area contributed by atoms with Crippen LogP contribution < -0.4 is 0 Å². The molecule has 2 nitrogen and oxygen atoms in total. The molecule has 0 saturated heterocycles. The third-order valence-electron chi connectivity index (χ3n) is 12.2. The third kappa shape index (κ3) is 4.91. The molecule has 1 atom stereocenters. The van der Waals surface area contributed by atoms with Crippen LogP contribution in [0.25, 0.3) is 88.4 Å². The fourth-order valence-corrected chi connectivity index (χ4v) is 9.64. The van der Waals surface area contributed by atoms with E-state index in [0.717, 1.165) is 5.69 Å². The van der Waals surface area contributed by atoms with Gasteiger partial charge in [-0.2, -0.15) is 0 Å². The molecule has 2 heteroatoms. The van der Waals surface area contributed by atoms with E-state index in [2.05, 4.69) is 221 Å². The Kier molecular flexibility index (Phi) is 7.02. The average molecular weight is 725 g/mol. The van der Waals surface area contributed by atoms with Crippen molar-refractivity contribution in [3.63, 3.8) is 0 Å². The number of benzene rings is 9. The van der Waals surface area contributed by atoms with E-state index in [1.54, 1.807) is 0 Å². The molecule has 9 aromatic carbocycles. The van der Waals surface area contributed by atoms with Crippen LogP contribution in [0.4, 0.5) is 0 Å². The van der Waals surface area contributed by atoms with Crippen LogP contribution in [0.3, 0.4) is 0 Å². The van der Waals surface area contributed by atoms with Gasteiger partial charge in [0.05, 0.1) is 22.1 Å². The van der Waals surface area contributed by atoms with Gasteiger partial charge in [-0.3, -0.25) is 0 Å².